The Balaban J connectivity index is 1.69. The lowest BCUT2D eigenvalue weighted by Crippen LogP contribution is -2.31. The molecule has 0 fully saturated rings. The number of hydrogen-bond acceptors (Lipinski definition) is 5. The van der Waals surface area contributed by atoms with Gasteiger partial charge in [0.05, 0.1) is 9.20 Å². The second-order valence-corrected chi connectivity index (χ2v) is 9.47. The van der Waals surface area contributed by atoms with Crippen LogP contribution in [0, 0.1) is 0 Å². The van der Waals surface area contributed by atoms with Gasteiger partial charge in [0, 0.05) is 17.9 Å². The van der Waals surface area contributed by atoms with Crippen molar-refractivity contribution >= 4 is 41.8 Å². The molecule has 2 heterocycles. The van der Waals surface area contributed by atoms with E-state index in [0.29, 0.717) is 15.7 Å². The van der Waals surface area contributed by atoms with Gasteiger partial charge in [-0.1, -0.05) is 57.0 Å². The van der Waals surface area contributed by atoms with Gasteiger partial charge in [-0.3, -0.25) is 14.2 Å². The van der Waals surface area contributed by atoms with Gasteiger partial charge in [-0.05, 0) is 60.2 Å². The molecular formula is C27H30N2O3S. The number of fused-ring (bicyclic) bond motifs is 2. The quantitative estimate of drug-likeness (QED) is 0.355. The number of anilines is 2. The summed E-state index contributed by atoms with van der Waals surface area (Å²) >= 11 is 1.31. The highest BCUT2D eigenvalue weighted by Gasteiger charge is 2.20. The van der Waals surface area contributed by atoms with Crippen molar-refractivity contribution in [1.82, 2.24) is 4.57 Å². The molecule has 2 aromatic carbocycles. The molecule has 1 aliphatic rings. The molecule has 33 heavy (non-hydrogen) atoms. The maximum atomic E-state index is 12.7. The van der Waals surface area contributed by atoms with Crippen molar-refractivity contribution in [1.29, 1.82) is 0 Å². The Bertz CT molecular complexity index is 1290. The van der Waals surface area contributed by atoms with Crippen LogP contribution in [0.3, 0.4) is 0 Å². The van der Waals surface area contributed by atoms with Crippen molar-refractivity contribution < 1.29 is 9.53 Å². The first-order chi connectivity index (χ1) is 16.1. The number of nitrogens with zero attached hydrogens (tertiary/aromatic N) is 2. The lowest BCUT2D eigenvalue weighted by molar-refractivity contribution is -0.132. The first-order valence-electron chi connectivity index (χ1n) is 11.6. The van der Waals surface area contributed by atoms with Crippen LogP contribution in [0.25, 0.3) is 12.7 Å². The monoisotopic (exact) mass is 462 g/mol. The Morgan fingerprint density at radius 2 is 1.85 bits per heavy atom. The molecule has 0 unspecified atom stereocenters. The number of thiazole rings is 1. The number of aromatic nitrogens is 1. The van der Waals surface area contributed by atoms with E-state index in [9.17, 15) is 9.59 Å². The van der Waals surface area contributed by atoms with Gasteiger partial charge in [0.25, 0.3) is 12.0 Å². The Labute approximate surface area is 198 Å². The molecule has 4 rings (SSSR count). The largest absolute Gasteiger partial charge is 0.446 e. The van der Waals surface area contributed by atoms with Gasteiger partial charge in [-0.2, -0.15) is 0 Å². The highest BCUT2D eigenvalue weighted by atomic mass is 32.1. The molecule has 0 radical (unpaired) electrons. The van der Waals surface area contributed by atoms with E-state index in [2.05, 4.69) is 60.9 Å². The first-order valence-corrected chi connectivity index (χ1v) is 12.4. The molecule has 0 N–H and O–H groups in total. The number of para-hydroxylation sites is 1. The Kier molecular flexibility index (Phi) is 7.45. The number of benzene rings is 2. The van der Waals surface area contributed by atoms with E-state index in [1.807, 2.05) is 6.08 Å². The minimum atomic E-state index is -0.188. The lowest BCUT2D eigenvalue weighted by atomic mass is 10.0. The average molecular weight is 463 g/mol. The van der Waals surface area contributed by atoms with Crippen LogP contribution >= 0.6 is 11.3 Å². The zero-order valence-electron chi connectivity index (χ0n) is 19.1. The number of rotatable bonds is 9. The van der Waals surface area contributed by atoms with Crippen LogP contribution < -0.4 is 19.7 Å². The van der Waals surface area contributed by atoms with Gasteiger partial charge < -0.3 is 9.64 Å². The second kappa shape index (κ2) is 10.7. The van der Waals surface area contributed by atoms with Crippen LogP contribution in [0.5, 0.6) is 0 Å². The van der Waals surface area contributed by atoms with Crippen molar-refractivity contribution in [3.05, 3.63) is 78.7 Å². The molecule has 0 spiro atoms. The minimum absolute atomic E-state index is 0.110. The van der Waals surface area contributed by atoms with E-state index in [1.54, 1.807) is 0 Å². The molecule has 172 valence electrons. The number of hydrogen-bond donors (Lipinski definition) is 0. The van der Waals surface area contributed by atoms with E-state index in [4.69, 9.17) is 4.74 Å². The highest BCUT2D eigenvalue weighted by molar-refractivity contribution is 7.07. The number of carbonyl (C=O) groups excluding carboxylic acids is 1. The third-order valence-corrected chi connectivity index (χ3v) is 7.10. The normalized spacial score (nSPS) is 13.4. The SMILES string of the molecule is C=c1s/c(=C/c2ccc3c(c2)CCc2ccccc2N3CCCCCC)c(=O)n1COC=O. The fourth-order valence-corrected chi connectivity index (χ4v) is 5.32. The summed E-state index contributed by atoms with van der Waals surface area (Å²) in [5.41, 5.74) is 6.05. The van der Waals surface area contributed by atoms with Crippen LogP contribution in [0.2, 0.25) is 0 Å². The minimum Gasteiger partial charge on any atom is -0.446 e. The molecule has 1 aromatic heterocycles. The topological polar surface area (TPSA) is 51.5 Å². The molecule has 0 saturated heterocycles. The molecule has 0 amide bonds. The summed E-state index contributed by atoms with van der Waals surface area (Å²) in [6.45, 7) is 7.39. The van der Waals surface area contributed by atoms with Gasteiger partial charge in [-0.25, -0.2) is 0 Å². The van der Waals surface area contributed by atoms with E-state index in [0.717, 1.165) is 24.9 Å². The maximum Gasteiger partial charge on any atom is 0.294 e. The zero-order chi connectivity index (χ0) is 23.2. The number of carbonyl (C=O) groups is 1. The van der Waals surface area contributed by atoms with Crippen molar-refractivity contribution in [3.63, 3.8) is 0 Å². The van der Waals surface area contributed by atoms with Crippen molar-refractivity contribution in [2.45, 2.75) is 52.2 Å². The van der Waals surface area contributed by atoms with Gasteiger partial charge in [0.1, 0.15) is 0 Å². The van der Waals surface area contributed by atoms with Gasteiger partial charge >= 0.3 is 0 Å². The molecule has 3 aromatic rings. The predicted octanol–water partition coefficient (Wildman–Crippen LogP) is 4.10. The third-order valence-electron chi connectivity index (χ3n) is 6.13. The molecule has 5 nitrogen and oxygen atoms in total. The Morgan fingerprint density at radius 3 is 2.67 bits per heavy atom. The summed E-state index contributed by atoms with van der Waals surface area (Å²) in [5, 5.41) is 0. The van der Waals surface area contributed by atoms with Gasteiger partial charge in [0.2, 0.25) is 0 Å². The molecule has 1 aliphatic heterocycles. The molecule has 0 atom stereocenters. The fourth-order valence-electron chi connectivity index (χ4n) is 4.43. The van der Waals surface area contributed by atoms with E-state index in [1.165, 1.54) is 64.1 Å². The second-order valence-electron chi connectivity index (χ2n) is 8.36. The summed E-state index contributed by atoms with van der Waals surface area (Å²) in [6, 6.07) is 15.2. The van der Waals surface area contributed by atoms with Crippen molar-refractivity contribution in [2.24, 2.45) is 0 Å². The van der Waals surface area contributed by atoms with Crippen LogP contribution in [0.1, 0.15) is 49.3 Å². The summed E-state index contributed by atoms with van der Waals surface area (Å²) < 4.78 is 7.28. The van der Waals surface area contributed by atoms with E-state index in [-0.39, 0.29) is 12.3 Å². The van der Waals surface area contributed by atoms with Crippen LogP contribution in [-0.4, -0.2) is 17.6 Å². The number of aryl methyl sites for hydroxylation is 2. The fraction of sp³-hybridized carbons (Fsp3) is 0.333. The Hall–Kier alpha value is -3.12. The van der Waals surface area contributed by atoms with Gasteiger partial charge in [-0.15, -0.1) is 11.3 Å². The molecule has 0 saturated carbocycles. The van der Waals surface area contributed by atoms with Crippen LogP contribution in [-0.2, 0) is 29.1 Å². The van der Waals surface area contributed by atoms with Crippen molar-refractivity contribution in [3.8, 4) is 0 Å². The first kappa shape index (κ1) is 23.1. The van der Waals surface area contributed by atoms with Crippen LogP contribution in [0.4, 0.5) is 11.4 Å². The third kappa shape index (κ3) is 5.11. The standard InChI is InChI=1S/C27H30N2O3S/c1-3-4-5-8-15-28-24-10-7-6-9-22(24)12-13-23-16-21(11-14-25(23)28)17-26-27(31)29(18-32-19-30)20(2)33-26/h6-7,9-11,14,16-17,19H,2-5,8,12-13,15,18H2,1H3/b26-17+. The highest BCUT2D eigenvalue weighted by Crippen LogP contribution is 2.36. The summed E-state index contributed by atoms with van der Waals surface area (Å²) in [4.78, 5) is 25.7. The van der Waals surface area contributed by atoms with Crippen LogP contribution in [0.15, 0.2) is 47.3 Å². The lowest BCUT2D eigenvalue weighted by Gasteiger charge is -2.27. The van der Waals surface area contributed by atoms with Gasteiger partial charge in [0.15, 0.2) is 6.73 Å². The number of ether oxygens (including phenoxy) is 1. The summed E-state index contributed by atoms with van der Waals surface area (Å²) in [7, 11) is 0. The van der Waals surface area contributed by atoms with E-state index >= 15 is 0 Å². The Morgan fingerprint density at radius 1 is 1.06 bits per heavy atom. The van der Waals surface area contributed by atoms with Crippen molar-refractivity contribution in [2.75, 3.05) is 11.4 Å². The predicted molar refractivity (Wildman–Crippen MR) is 136 cm³/mol. The zero-order valence-corrected chi connectivity index (χ0v) is 19.9. The molecule has 0 bridgehead atoms. The summed E-state index contributed by atoms with van der Waals surface area (Å²) in [6.07, 6.45) is 8.76. The number of unbranched alkanes of at least 4 members (excludes halogenated alkanes) is 3. The molecule has 0 aliphatic carbocycles. The van der Waals surface area contributed by atoms with E-state index < -0.39 is 0 Å². The smallest absolute Gasteiger partial charge is 0.294 e. The maximum absolute atomic E-state index is 12.7. The average Bonchev–Trinajstić information content (AvgIpc) is 2.99. The molecule has 6 heteroatoms. The summed E-state index contributed by atoms with van der Waals surface area (Å²) in [5.74, 6) is 0. The molecular weight excluding hydrogens is 432 g/mol.